The highest BCUT2D eigenvalue weighted by Crippen LogP contribution is 2.36. The molecule has 5 N–H and O–H groups in total. The van der Waals surface area contributed by atoms with Crippen LogP contribution in [0.5, 0.6) is 0 Å². The van der Waals surface area contributed by atoms with Crippen molar-refractivity contribution in [3.8, 4) is 0 Å². The quantitative estimate of drug-likeness (QED) is 0.301. The summed E-state index contributed by atoms with van der Waals surface area (Å²) in [6, 6.07) is 0. The summed E-state index contributed by atoms with van der Waals surface area (Å²) in [5.41, 5.74) is 0. The van der Waals surface area contributed by atoms with Crippen LogP contribution in [-0.4, -0.2) is 48.8 Å². The van der Waals surface area contributed by atoms with Gasteiger partial charge in [0.25, 0.3) is 0 Å². The Labute approximate surface area is 74.1 Å². The molecule has 0 radical (unpaired) electrons. The van der Waals surface area contributed by atoms with Crippen LogP contribution in [0.15, 0.2) is 0 Å². The Balaban J connectivity index is 3.84. The summed E-state index contributed by atoms with van der Waals surface area (Å²) < 4.78 is 20.5. The molecule has 8 nitrogen and oxygen atoms in total. The van der Waals surface area contributed by atoms with Gasteiger partial charge in [0.2, 0.25) is 0 Å². The molecule has 0 atom stereocenters. The second kappa shape index (κ2) is 4.63. The highest BCUT2D eigenvalue weighted by molar-refractivity contribution is 7.52. The normalized spacial score (nSPS) is 13.7. The van der Waals surface area contributed by atoms with E-state index in [1.807, 2.05) is 0 Å². The Morgan fingerprint density at radius 3 is 1.77 bits per heavy atom. The zero-order valence-electron chi connectivity index (χ0n) is 6.52. The van der Waals surface area contributed by atoms with Crippen molar-refractivity contribution in [2.24, 2.45) is 0 Å². The monoisotopic (exact) mass is 235 g/mol. The van der Waals surface area contributed by atoms with E-state index in [1.165, 1.54) is 0 Å². The van der Waals surface area contributed by atoms with Crippen LogP contribution < -0.4 is 0 Å². The van der Waals surface area contributed by atoms with Crippen LogP contribution in [0.2, 0.25) is 0 Å². The molecule has 0 aliphatic carbocycles. The van der Waals surface area contributed by atoms with E-state index < -0.39 is 34.2 Å². The molecule has 0 unspecified atom stereocenters. The van der Waals surface area contributed by atoms with E-state index in [4.69, 9.17) is 24.8 Å². The van der Waals surface area contributed by atoms with E-state index in [-0.39, 0.29) is 5.06 Å². The average Bonchev–Trinajstić information content (AvgIpc) is 1.78. The molecule has 80 valence electrons. The zero-order chi connectivity index (χ0) is 10.7. The van der Waals surface area contributed by atoms with Gasteiger partial charge in [-0.05, 0) is 0 Å². The van der Waals surface area contributed by atoms with E-state index in [2.05, 4.69) is 0 Å². The molecule has 0 amide bonds. The minimum Gasteiger partial charge on any atom is -0.324 e. The number of hydroxylamine groups is 2. The highest BCUT2D eigenvalue weighted by Gasteiger charge is 2.20. The third-order valence-corrected chi connectivity index (χ3v) is 2.47. The number of hydrogen-bond donors (Lipinski definition) is 5. The third-order valence-electron chi connectivity index (χ3n) is 0.997. The number of rotatable bonds is 5. The smallest absolute Gasteiger partial charge is 0.324 e. The Morgan fingerprint density at radius 2 is 1.46 bits per heavy atom. The van der Waals surface area contributed by atoms with Gasteiger partial charge in [0.15, 0.2) is 0 Å². The molecule has 0 aromatic carbocycles. The Bertz CT molecular complexity index is 242. The summed E-state index contributed by atoms with van der Waals surface area (Å²) >= 11 is 0. The molecule has 0 aliphatic rings. The van der Waals surface area contributed by atoms with E-state index in [1.54, 1.807) is 0 Å². The molecule has 0 saturated carbocycles. The minimum absolute atomic E-state index is 0.180. The van der Waals surface area contributed by atoms with Gasteiger partial charge in [-0.25, -0.2) is 0 Å². The molecule has 0 saturated heterocycles. The molecular formula is C3H11NO7P2. The van der Waals surface area contributed by atoms with Crippen LogP contribution in [0.1, 0.15) is 0 Å². The predicted molar refractivity (Wildman–Crippen MR) is 42.3 cm³/mol. The standard InChI is InChI=1S/C3H11NO7P2/c5-4(3-13(9,10)11)1-2-12(6,7)8/h5H,1-3H2,(H2,6,7,8)(H2,9,10,11). The lowest BCUT2D eigenvalue weighted by Gasteiger charge is -2.15. The Kier molecular flexibility index (Phi) is 4.71. The number of nitrogens with zero attached hydrogens (tertiary/aromatic N) is 1. The molecule has 10 heteroatoms. The van der Waals surface area contributed by atoms with Crippen LogP contribution in [-0.2, 0) is 9.13 Å². The second-order valence-corrected chi connectivity index (χ2v) is 5.81. The summed E-state index contributed by atoms with van der Waals surface area (Å²) in [5, 5.41) is 8.93. The first-order valence-corrected chi connectivity index (χ1v) is 6.73. The summed E-state index contributed by atoms with van der Waals surface area (Å²) in [7, 11) is -8.62. The average molecular weight is 235 g/mol. The summed E-state index contributed by atoms with van der Waals surface area (Å²) in [6.45, 7) is -0.491. The summed E-state index contributed by atoms with van der Waals surface area (Å²) in [4.78, 5) is 33.4. The molecule has 0 fully saturated rings. The first-order chi connectivity index (χ1) is 5.60. The van der Waals surface area contributed by atoms with Crippen LogP contribution >= 0.6 is 15.2 Å². The van der Waals surface area contributed by atoms with Crippen molar-refractivity contribution in [3.63, 3.8) is 0 Å². The first-order valence-electron chi connectivity index (χ1n) is 3.13. The maximum absolute atomic E-state index is 10.3. The second-order valence-electron chi connectivity index (χ2n) is 2.42. The van der Waals surface area contributed by atoms with Crippen molar-refractivity contribution in [1.29, 1.82) is 0 Å². The van der Waals surface area contributed by atoms with E-state index in [0.717, 1.165) is 0 Å². The van der Waals surface area contributed by atoms with Gasteiger partial charge in [0.05, 0.1) is 6.16 Å². The molecule has 0 heterocycles. The molecular weight excluding hydrogens is 224 g/mol. The van der Waals surface area contributed by atoms with Gasteiger partial charge in [-0.2, -0.15) is 5.06 Å². The van der Waals surface area contributed by atoms with Gasteiger partial charge >= 0.3 is 15.2 Å². The van der Waals surface area contributed by atoms with Crippen molar-refractivity contribution >= 4 is 15.2 Å². The van der Waals surface area contributed by atoms with E-state index in [0.29, 0.717) is 0 Å². The molecule has 0 spiro atoms. The van der Waals surface area contributed by atoms with E-state index in [9.17, 15) is 9.13 Å². The zero-order valence-corrected chi connectivity index (χ0v) is 8.30. The van der Waals surface area contributed by atoms with Crippen molar-refractivity contribution in [2.45, 2.75) is 0 Å². The van der Waals surface area contributed by atoms with Gasteiger partial charge in [0.1, 0.15) is 6.29 Å². The molecule has 13 heavy (non-hydrogen) atoms. The van der Waals surface area contributed by atoms with Crippen LogP contribution in [0.3, 0.4) is 0 Å². The topological polar surface area (TPSA) is 139 Å². The first kappa shape index (κ1) is 13.2. The summed E-state index contributed by atoms with van der Waals surface area (Å²) in [6.07, 6.45) is -1.59. The molecule has 0 aliphatic heterocycles. The van der Waals surface area contributed by atoms with E-state index >= 15 is 0 Å². The predicted octanol–water partition coefficient (Wildman–Crippen LogP) is -1.01. The largest absolute Gasteiger partial charge is 0.341 e. The SMILES string of the molecule is O=P(O)(O)CCN(O)CP(=O)(O)O. The highest BCUT2D eigenvalue weighted by atomic mass is 31.2. The van der Waals surface area contributed by atoms with Crippen molar-refractivity contribution in [1.82, 2.24) is 5.06 Å². The fraction of sp³-hybridized carbons (Fsp3) is 1.00. The fourth-order valence-corrected chi connectivity index (χ4v) is 1.59. The summed E-state index contributed by atoms with van der Waals surface area (Å²) in [5.74, 6) is 0. The Morgan fingerprint density at radius 1 is 1.00 bits per heavy atom. The van der Waals surface area contributed by atoms with Gasteiger partial charge in [-0.3, -0.25) is 9.13 Å². The van der Waals surface area contributed by atoms with Crippen molar-refractivity contribution in [3.05, 3.63) is 0 Å². The molecule has 0 rings (SSSR count). The van der Waals surface area contributed by atoms with Crippen LogP contribution in [0.25, 0.3) is 0 Å². The lowest BCUT2D eigenvalue weighted by Crippen LogP contribution is -2.24. The van der Waals surface area contributed by atoms with Gasteiger partial charge in [-0.15, -0.1) is 0 Å². The maximum atomic E-state index is 10.3. The lowest BCUT2D eigenvalue weighted by atomic mass is 10.7. The number of hydrogen-bond acceptors (Lipinski definition) is 4. The van der Waals surface area contributed by atoms with Gasteiger partial charge < -0.3 is 24.8 Å². The molecule has 0 bridgehead atoms. The van der Waals surface area contributed by atoms with Crippen LogP contribution in [0, 0.1) is 0 Å². The van der Waals surface area contributed by atoms with Gasteiger partial charge in [-0.1, -0.05) is 0 Å². The molecule has 0 aromatic heterocycles. The van der Waals surface area contributed by atoms with Crippen LogP contribution in [0.4, 0.5) is 0 Å². The third kappa shape index (κ3) is 10.1. The molecule has 0 aromatic rings. The maximum Gasteiger partial charge on any atom is 0.341 e. The van der Waals surface area contributed by atoms with Crippen molar-refractivity contribution in [2.75, 3.05) is 19.0 Å². The minimum atomic E-state index is -4.38. The fourth-order valence-electron chi connectivity index (χ4n) is 0.529. The van der Waals surface area contributed by atoms with Crippen molar-refractivity contribution < 1.29 is 33.9 Å². The Hall–Kier alpha value is 0.220. The lowest BCUT2D eigenvalue weighted by molar-refractivity contribution is -0.0723. The van der Waals surface area contributed by atoms with Gasteiger partial charge in [0, 0.05) is 6.54 Å².